The molecule has 2 aromatic carbocycles. The van der Waals surface area contributed by atoms with Crippen LogP contribution in [0.4, 0.5) is 0 Å². The number of phenolic OH excluding ortho intramolecular Hbond substituents is 4. The second-order valence-electron chi connectivity index (χ2n) is 5.81. The van der Waals surface area contributed by atoms with E-state index in [-0.39, 0.29) is 51.5 Å². The van der Waals surface area contributed by atoms with Gasteiger partial charge in [-0.3, -0.25) is 4.90 Å². The lowest BCUT2D eigenvalue weighted by Crippen LogP contribution is -2.33. The summed E-state index contributed by atoms with van der Waals surface area (Å²) < 4.78 is 0. The number of phenols is 4. The predicted octanol–water partition coefficient (Wildman–Crippen LogP) is 2.03. The SMILES string of the molecule is Br.CN1CCc2cc(O)c(O)cc2C1Cc1ccc(O)c(O)c1.O. The number of fused-ring (bicyclic) bond motifs is 1. The van der Waals surface area contributed by atoms with Crippen molar-refractivity contribution in [1.29, 1.82) is 0 Å². The lowest BCUT2D eigenvalue weighted by Gasteiger charge is -2.35. The smallest absolute Gasteiger partial charge is 0.157 e. The van der Waals surface area contributed by atoms with E-state index in [1.165, 1.54) is 6.07 Å². The molecular weight excluding hydrogens is 378 g/mol. The largest absolute Gasteiger partial charge is 0.504 e. The van der Waals surface area contributed by atoms with Crippen LogP contribution in [0, 0.1) is 0 Å². The second kappa shape index (κ2) is 7.74. The van der Waals surface area contributed by atoms with Gasteiger partial charge in [-0.05, 0) is 60.8 Å². The van der Waals surface area contributed by atoms with Crippen LogP contribution in [-0.2, 0) is 12.8 Å². The first-order valence-corrected chi connectivity index (χ1v) is 7.21. The Balaban J connectivity index is 0.00000144. The van der Waals surface area contributed by atoms with Crippen molar-refractivity contribution in [2.45, 2.75) is 18.9 Å². The second-order valence-corrected chi connectivity index (χ2v) is 5.81. The number of aromatic hydroxyl groups is 4. The number of rotatable bonds is 2. The Hall–Kier alpha value is -1.96. The zero-order chi connectivity index (χ0) is 15.9. The summed E-state index contributed by atoms with van der Waals surface area (Å²) in [7, 11) is 2.01. The van der Waals surface area contributed by atoms with Crippen molar-refractivity contribution < 1.29 is 25.9 Å². The third kappa shape index (κ3) is 3.75. The van der Waals surface area contributed by atoms with Crippen LogP contribution in [0.25, 0.3) is 0 Å². The van der Waals surface area contributed by atoms with Crippen LogP contribution in [0.5, 0.6) is 23.0 Å². The zero-order valence-electron chi connectivity index (χ0n) is 13.2. The van der Waals surface area contributed by atoms with E-state index in [9.17, 15) is 20.4 Å². The van der Waals surface area contributed by atoms with Gasteiger partial charge >= 0.3 is 0 Å². The van der Waals surface area contributed by atoms with Gasteiger partial charge in [-0.1, -0.05) is 6.07 Å². The van der Waals surface area contributed by atoms with Crippen molar-refractivity contribution in [3.05, 3.63) is 47.0 Å². The Morgan fingerprint density at radius 2 is 1.58 bits per heavy atom. The zero-order valence-corrected chi connectivity index (χ0v) is 14.9. The van der Waals surface area contributed by atoms with E-state index in [0.717, 1.165) is 29.7 Å². The highest BCUT2D eigenvalue weighted by atomic mass is 79.9. The molecule has 24 heavy (non-hydrogen) atoms. The predicted molar refractivity (Wildman–Crippen MR) is 96.3 cm³/mol. The van der Waals surface area contributed by atoms with E-state index in [0.29, 0.717) is 6.42 Å². The molecule has 0 fully saturated rings. The van der Waals surface area contributed by atoms with Crippen molar-refractivity contribution in [3.63, 3.8) is 0 Å². The van der Waals surface area contributed by atoms with Crippen LogP contribution in [0.15, 0.2) is 30.3 Å². The molecule has 1 heterocycles. The number of hydrogen-bond donors (Lipinski definition) is 4. The Kier molecular flexibility index (Phi) is 6.48. The van der Waals surface area contributed by atoms with Crippen LogP contribution in [-0.4, -0.2) is 44.4 Å². The van der Waals surface area contributed by atoms with Crippen LogP contribution < -0.4 is 0 Å². The van der Waals surface area contributed by atoms with E-state index in [4.69, 9.17) is 0 Å². The number of halogens is 1. The molecule has 0 saturated carbocycles. The normalized spacial score (nSPS) is 16.6. The fraction of sp³-hybridized carbons (Fsp3) is 0.294. The molecule has 6 N–H and O–H groups in total. The fourth-order valence-electron chi connectivity index (χ4n) is 3.04. The summed E-state index contributed by atoms with van der Waals surface area (Å²) in [6.07, 6.45) is 1.46. The van der Waals surface area contributed by atoms with Crippen molar-refractivity contribution in [2.24, 2.45) is 0 Å². The van der Waals surface area contributed by atoms with Crippen LogP contribution in [0.2, 0.25) is 0 Å². The lowest BCUT2D eigenvalue weighted by atomic mass is 9.88. The summed E-state index contributed by atoms with van der Waals surface area (Å²) in [5, 5.41) is 38.5. The van der Waals surface area contributed by atoms with Gasteiger partial charge in [0.25, 0.3) is 0 Å². The van der Waals surface area contributed by atoms with Gasteiger partial charge in [0.05, 0.1) is 0 Å². The molecule has 0 saturated heterocycles. The molecular formula is C17H22BrNO5. The maximum Gasteiger partial charge on any atom is 0.157 e. The van der Waals surface area contributed by atoms with E-state index >= 15 is 0 Å². The van der Waals surface area contributed by atoms with E-state index < -0.39 is 0 Å². The van der Waals surface area contributed by atoms with Gasteiger partial charge in [-0.25, -0.2) is 0 Å². The van der Waals surface area contributed by atoms with Crippen LogP contribution in [0.3, 0.4) is 0 Å². The number of nitrogens with zero attached hydrogens (tertiary/aromatic N) is 1. The molecule has 0 aromatic heterocycles. The Morgan fingerprint density at radius 3 is 2.25 bits per heavy atom. The molecule has 7 heteroatoms. The third-order valence-electron chi connectivity index (χ3n) is 4.33. The van der Waals surface area contributed by atoms with Crippen molar-refractivity contribution in [1.82, 2.24) is 4.90 Å². The molecule has 2 aromatic rings. The molecule has 1 unspecified atom stereocenters. The molecule has 0 aliphatic carbocycles. The maximum atomic E-state index is 9.78. The highest BCUT2D eigenvalue weighted by Gasteiger charge is 2.26. The summed E-state index contributed by atoms with van der Waals surface area (Å²) >= 11 is 0. The van der Waals surface area contributed by atoms with Gasteiger partial charge in [0.2, 0.25) is 0 Å². The number of likely N-dealkylation sites (N-methyl/N-ethyl adjacent to an activating group) is 1. The topological polar surface area (TPSA) is 116 Å². The fourth-order valence-corrected chi connectivity index (χ4v) is 3.04. The van der Waals surface area contributed by atoms with Crippen LogP contribution in [0.1, 0.15) is 22.7 Å². The highest BCUT2D eigenvalue weighted by molar-refractivity contribution is 8.93. The Labute approximate surface area is 150 Å². The third-order valence-corrected chi connectivity index (χ3v) is 4.33. The molecule has 1 aliphatic rings. The van der Waals surface area contributed by atoms with Crippen molar-refractivity contribution in [2.75, 3.05) is 13.6 Å². The molecule has 0 radical (unpaired) electrons. The minimum Gasteiger partial charge on any atom is -0.504 e. The molecule has 3 rings (SSSR count). The molecule has 0 spiro atoms. The lowest BCUT2D eigenvalue weighted by molar-refractivity contribution is 0.228. The van der Waals surface area contributed by atoms with E-state index in [2.05, 4.69) is 4.90 Å². The first-order valence-electron chi connectivity index (χ1n) is 7.21. The summed E-state index contributed by atoms with van der Waals surface area (Å²) in [5.74, 6) is -0.481. The van der Waals surface area contributed by atoms with Crippen LogP contribution >= 0.6 is 17.0 Å². The quantitative estimate of drug-likeness (QED) is 0.576. The Bertz CT molecular complexity index is 722. The monoisotopic (exact) mass is 399 g/mol. The maximum absolute atomic E-state index is 9.78. The standard InChI is InChI=1S/C17H19NO4.BrH.H2O/c1-18-5-4-11-8-16(21)17(22)9-12(11)13(18)6-10-2-3-14(19)15(20)7-10;;/h2-3,7-9,13,19-22H,4-6H2,1H3;1H;1H2. The van der Waals surface area contributed by atoms with Gasteiger partial charge in [0.1, 0.15) is 0 Å². The molecule has 6 nitrogen and oxygen atoms in total. The summed E-state index contributed by atoms with van der Waals surface area (Å²) in [4.78, 5) is 2.18. The molecule has 0 amide bonds. The summed E-state index contributed by atoms with van der Waals surface area (Å²) in [5.41, 5.74) is 2.91. The first-order chi connectivity index (χ1) is 10.5. The average molecular weight is 400 g/mol. The number of hydrogen-bond acceptors (Lipinski definition) is 5. The average Bonchev–Trinajstić information content (AvgIpc) is 2.48. The van der Waals surface area contributed by atoms with Gasteiger partial charge in [-0.15, -0.1) is 17.0 Å². The number of benzene rings is 2. The van der Waals surface area contributed by atoms with E-state index in [1.54, 1.807) is 24.3 Å². The molecule has 1 aliphatic heterocycles. The van der Waals surface area contributed by atoms with E-state index in [1.807, 2.05) is 7.05 Å². The van der Waals surface area contributed by atoms with Gasteiger partial charge in [0.15, 0.2) is 23.0 Å². The summed E-state index contributed by atoms with van der Waals surface area (Å²) in [6, 6.07) is 8.08. The minimum absolute atomic E-state index is 0. The van der Waals surface area contributed by atoms with Gasteiger partial charge in [0, 0.05) is 12.6 Å². The molecule has 0 bridgehead atoms. The van der Waals surface area contributed by atoms with Gasteiger partial charge < -0.3 is 25.9 Å². The van der Waals surface area contributed by atoms with Crippen molar-refractivity contribution in [3.8, 4) is 23.0 Å². The Morgan fingerprint density at radius 1 is 0.958 bits per heavy atom. The summed E-state index contributed by atoms with van der Waals surface area (Å²) in [6.45, 7) is 0.853. The first kappa shape index (κ1) is 20.1. The molecule has 1 atom stereocenters. The highest BCUT2D eigenvalue weighted by Crippen LogP contribution is 2.38. The van der Waals surface area contributed by atoms with Crippen molar-refractivity contribution >= 4 is 17.0 Å². The molecule has 132 valence electrons. The minimum atomic E-state index is -0.135. The van der Waals surface area contributed by atoms with Gasteiger partial charge in [-0.2, -0.15) is 0 Å².